The molecule has 2 aromatic rings. The smallest absolute Gasteiger partial charge is 0.124 e. The predicted octanol–water partition coefficient (Wildman–Crippen LogP) is 4.03. The summed E-state index contributed by atoms with van der Waals surface area (Å²) >= 11 is 11.0. The van der Waals surface area contributed by atoms with Gasteiger partial charge in [0.25, 0.3) is 0 Å². The SMILES string of the molecule is N=C(N)c1ccc(OCc2ccc(Br)s2)cc1Cl. The van der Waals surface area contributed by atoms with E-state index in [2.05, 4.69) is 15.9 Å². The van der Waals surface area contributed by atoms with Crippen LogP contribution in [-0.4, -0.2) is 5.84 Å². The number of ether oxygens (including phenoxy) is 1. The second-order valence-corrected chi connectivity index (χ2v) is 6.50. The van der Waals surface area contributed by atoms with Crippen LogP contribution in [0.15, 0.2) is 34.1 Å². The van der Waals surface area contributed by atoms with E-state index in [9.17, 15) is 0 Å². The molecule has 0 unspecified atom stereocenters. The lowest BCUT2D eigenvalue weighted by atomic mass is 10.2. The number of halogens is 2. The summed E-state index contributed by atoms with van der Waals surface area (Å²) in [7, 11) is 0. The van der Waals surface area contributed by atoms with Crippen molar-refractivity contribution in [1.29, 1.82) is 5.41 Å². The fraction of sp³-hybridized carbons (Fsp3) is 0.0833. The summed E-state index contributed by atoms with van der Waals surface area (Å²) in [6.07, 6.45) is 0. The van der Waals surface area contributed by atoms with Gasteiger partial charge in [-0.1, -0.05) is 11.6 Å². The van der Waals surface area contributed by atoms with Gasteiger partial charge in [-0.2, -0.15) is 0 Å². The van der Waals surface area contributed by atoms with Crippen molar-refractivity contribution >= 4 is 44.7 Å². The fourth-order valence-electron chi connectivity index (χ4n) is 1.39. The normalized spacial score (nSPS) is 10.3. The molecule has 0 saturated carbocycles. The van der Waals surface area contributed by atoms with Gasteiger partial charge in [-0.25, -0.2) is 0 Å². The number of hydrogen-bond donors (Lipinski definition) is 2. The monoisotopic (exact) mass is 344 g/mol. The van der Waals surface area contributed by atoms with Gasteiger partial charge in [0, 0.05) is 10.4 Å². The van der Waals surface area contributed by atoms with E-state index in [1.54, 1.807) is 29.5 Å². The van der Waals surface area contributed by atoms with Crippen molar-refractivity contribution in [3.8, 4) is 5.75 Å². The maximum atomic E-state index is 7.33. The molecular weight excluding hydrogens is 336 g/mol. The van der Waals surface area contributed by atoms with Gasteiger partial charge < -0.3 is 10.5 Å². The standard InChI is InChI=1S/C12H10BrClN2OS/c13-11-4-2-8(18-11)6-17-7-1-3-9(12(15)16)10(14)5-7/h1-5H,6H2,(H3,15,16). The molecule has 3 nitrogen and oxygen atoms in total. The number of hydrogen-bond acceptors (Lipinski definition) is 3. The number of nitrogens with two attached hydrogens (primary N) is 1. The Kier molecular flexibility index (Phi) is 4.27. The Morgan fingerprint density at radius 1 is 1.39 bits per heavy atom. The van der Waals surface area contributed by atoms with E-state index in [1.807, 2.05) is 12.1 Å². The lowest BCUT2D eigenvalue weighted by molar-refractivity contribution is 0.310. The lowest BCUT2D eigenvalue weighted by Gasteiger charge is -2.07. The van der Waals surface area contributed by atoms with E-state index in [4.69, 9.17) is 27.5 Å². The Bertz CT molecular complexity index is 585. The van der Waals surface area contributed by atoms with Crippen LogP contribution in [0.3, 0.4) is 0 Å². The quantitative estimate of drug-likeness (QED) is 0.649. The van der Waals surface area contributed by atoms with Crippen molar-refractivity contribution in [3.05, 3.63) is 49.6 Å². The van der Waals surface area contributed by atoms with Crippen LogP contribution >= 0.6 is 38.9 Å². The number of amidine groups is 1. The summed E-state index contributed by atoms with van der Waals surface area (Å²) in [6, 6.07) is 9.09. The van der Waals surface area contributed by atoms with E-state index in [1.165, 1.54) is 0 Å². The van der Waals surface area contributed by atoms with E-state index >= 15 is 0 Å². The van der Waals surface area contributed by atoms with Gasteiger partial charge in [0.1, 0.15) is 18.2 Å². The average molecular weight is 346 g/mol. The first-order valence-corrected chi connectivity index (χ1v) is 7.06. The molecule has 0 fully saturated rings. The predicted molar refractivity (Wildman–Crippen MR) is 78.8 cm³/mol. The van der Waals surface area contributed by atoms with Crippen LogP contribution in [0.25, 0.3) is 0 Å². The Labute approximate surface area is 122 Å². The number of rotatable bonds is 4. The van der Waals surface area contributed by atoms with Gasteiger partial charge in [-0.3, -0.25) is 5.41 Å². The summed E-state index contributed by atoms with van der Waals surface area (Å²) in [5.74, 6) is 0.614. The molecule has 1 aromatic carbocycles. The minimum absolute atomic E-state index is 0.0475. The van der Waals surface area contributed by atoms with Gasteiger partial charge in [0.15, 0.2) is 0 Å². The van der Waals surface area contributed by atoms with E-state index in [0.717, 1.165) is 8.66 Å². The number of nitrogens with one attached hydrogen (secondary N) is 1. The first-order valence-electron chi connectivity index (χ1n) is 5.07. The maximum Gasteiger partial charge on any atom is 0.124 e. The molecule has 0 aliphatic heterocycles. The van der Waals surface area contributed by atoms with Crippen LogP contribution in [0.1, 0.15) is 10.4 Å². The van der Waals surface area contributed by atoms with Crippen LogP contribution in [0, 0.1) is 5.41 Å². The average Bonchev–Trinajstić information content (AvgIpc) is 2.72. The Morgan fingerprint density at radius 3 is 2.72 bits per heavy atom. The van der Waals surface area contributed by atoms with Gasteiger partial charge >= 0.3 is 0 Å². The van der Waals surface area contributed by atoms with Gasteiger partial charge in [-0.15, -0.1) is 11.3 Å². The molecule has 0 saturated heterocycles. The third-order valence-electron chi connectivity index (χ3n) is 2.24. The summed E-state index contributed by atoms with van der Waals surface area (Å²) in [5.41, 5.74) is 5.90. The first-order chi connectivity index (χ1) is 8.56. The van der Waals surface area contributed by atoms with Crippen molar-refractivity contribution in [2.24, 2.45) is 5.73 Å². The van der Waals surface area contributed by atoms with Crippen LogP contribution in [0.5, 0.6) is 5.75 Å². The van der Waals surface area contributed by atoms with Crippen molar-refractivity contribution in [2.75, 3.05) is 0 Å². The molecule has 0 radical (unpaired) electrons. The summed E-state index contributed by atoms with van der Waals surface area (Å²) in [5, 5.41) is 7.76. The zero-order valence-corrected chi connectivity index (χ0v) is 12.4. The molecule has 0 aliphatic rings. The van der Waals surface area contributed by atoms with Crippen LogP contribution < -0.4 is 10.5 Å². The van der Waals surface area contributed by atoms with Crippen molar-refractivity contribution in [3.63, 3.8) is 0 Å². The van der Waals surface area contributed by atoms with Crippen molar-refractivity contribution < 1.29 is 4.74 Å². The van der Waals surface area contributed by atoms with Gasteiger partial charge in [-0.05, 0) is 46.3 Å². The molecule has 6 heteroatoms. The minimum atomic E-state index is -0.0475. The maximum absolute atomic E-state index is 7.33. The molecular formula is C12H10BrClN2OS. The highest BCUT2D eigenvalue weighted by Crippen LogP contribution is 2.26. The highest BCUT2D eigenvalue weighted by molar-refractivity contribution is 9.11. The van der Waals surface area contributed by atoms with E-state index < -0.39 is 0 Å². The summed E-state index contributed by atoms with van der Waals surface area (Å²) in [6.45, 7) is 0.492. The zero-order chi connectivity index (χ0) is 13.1. The molecule has 0 spiro atoms. The lowest BCUT2D eigenvalue weighted by Crippen LogP contribution is -2.11. The van der Waals surface area contributed by atoms with Crippen molar-refractivity contribution in [1.82, 2.24) is 0 Å². The van der Waals surface area contributed by atoms with E-state index in [0.29, 0.717) is 22.9 Å². The first kappa shape index (κ1) is 13.4. The van der Waals surface area contributed by atoms with Gasteiger partial charge in [0.05, 0.1) is 8.81 Å². The summed E-state index contributed by atoms with van der Waals surface area (Å²) < 4.78 is 6.69. The zero-order valence-electron chi connectivity index (χ0n) is 9.24. The van der Waals surface area contributed by atoms with E-state index in [-0.39, 0.29) is 5.84 Å². The third kappa shape index (κ3) is 3.25. The molecule has 0 aliphatic carbocycles. The Morgan fingerprint density at radius 2 is 2.17 bits per heavy atom. The molecule has 0 amide bonds. The third-order valence-corrected chi connectivity index (χ3v) is 4.15. The molecule has 2 rings (SSSR count). The number of nitrogen functional groups attached to an aromatic ring is 1. The Balaban J connectivity index is 2.06. The highest BCUT2D eigenvalue weighted by atomic mass is 79.9. The van der Waals surface area contributed by atoms with Crippen LogP contribution in [0.4, 0.5) is 0 Å². The number of benzene rings is 1. The molecule has 3 N–H and O–H groups in total. The second kappa shape index (κ2) is 5.73. The largest absolute Gasteiger partial charge is 0.488 e. The number of thiophene rings is 1. The molecule has 18 heavy (non-hydrogen) atoms. The van der Waals surface area contributed by atoms with Crippen LogP contribution in [-0.2, 0) is 6.61 Å². The van der Waals surface area contributed by atoms with Crippen molar-refractivity contribution in [2.45, 2.75) is 6.61 Å². The van der Waals surface area contributed by atoms with Crippen LogP contribution in [0.2, 0.25) is 5.02 Å². The molecule has 94 valence electrons. The second-order valence-electron chi connectivity index (χ2n) is 3.55. The molecule has 1 heterocycles. The topological polar surface area (TPSA) is 59.1 Å². The fourth-order valence-corrected chi connectivity index (χ4v) is 3.06. The van der Waals surface area contributed by atoms with Gasteiger partial charge in [0.2, 0.25) is 0 Å². The molecule has 0 atom stereocenters. The highest BCUT2D eigenvalue weighted by Gasteiger charge is 2.06. The summed E-state index contributed by atoms with van der Waals surface area (Å²) in [4.78, 5) is 1.12. The Hall–Kier alpha value is -1.04. The molecule has 0 bridgehead atoms. The molecule has 1 aromatic heterocycles. The minimum Gasteiger partial charge on any atom is -0.488 e.